The van der Waals surface area contributed by atoms with Crippen molar-refractivity contribution in [2.45, 2.75) is 0 Å². The summed E-state index contributed by atoms with van der Waals surface area (Å²) < 4.78 is 0. The van der Waals surface area contributed by atoms with E-state index in [-0.39, 0.29) is 11.3 Å². The molecule has 0 atom stereocenters. The zero-order valence-corrected chi connectivity index (χ0v) is 9.29. The summed E-state index contributed by atoms with van der Waals surface area (Å²) in [5.41, 5.74) is 2.06. The van der Waals surface area contributed by atoms with Crippen molar-refractivity contribution in [1.82, 2.24) is 0 Å². The summed E-state index contributed by atoms with van der Waals surface area (Å²) >= 11 is 11.4. The number of carbonyl (C=O) groups excluding carboxylic acids is 1. The molecule has 0 aliphatic rings. The number of hydrazone groups is 1. The Hall–Kier alpha value is -1.59. The molecule has 1 rings (SSSR count). The second-order valence-corrected chi connectivity index (χ2v) is 3.50. The lowest BCUT2D eigenvalue weighted by Gasteiger charge is -2.03. The molecular weight excluding hydrogens is 255 g/mol. The molecule has 7 heteroatoms. The van der Waals surface area contributed by atoms with Gasteiger partial charge in [-0.2, -0.15) is 5.10 Å². The summed E-state index contributed by atoms with van der Waals surface area (Å²) in [6, 6.07) is 4.52. The molecule has 0 bridgehead atoms. The predicted octanol–water partition coefficient (Wildman–Crippen LogP) is 2.04. The molecule has 1 aromatic carbocycles. The summed E-state index contributed by atoms with van der Waals surface area (Å²) in [5, 5.41) is 12.6. The van der Waals surface area contributed by atoms with Crippen molar-refractivity contribution in [2.75, 3.05) is 5.43 Å². The maximum atomic E-state index is 10.4. The molecule has 16 heavy (non-hydrogen) atoms. The van der Waals surface area contributed by atoms with Crippen LogP contribution in [0.15, 0.2) is 23.3 Å². The number of benzene rings is 1. The Balaban J connectivity index is 2.89. The van der Waals surface area contributed by atoms with E-state index in [1.54, 1.807) is 6.07 Å². The standard InChI is InChI=1S/C9H6Cl2N2O3/c10-5-1-2-7(6(11)3-5)12-13-8(4-14)9(15)16/h1-4,12H,(H,15,16)/b13-8+. The molecule has 0 aromatic heterocycles. The number of hydrogen-bond donors (Lipinski definition) is 2. The number of carboxylic acid groups (broad SMARTS) is 1. The van der Waals surface area contributed by atoms with Gasteiger partial charge >= 0.3 is 5.97 Å². The molecule has 0 heterocycles. The summed E-state index contributed by atoms with van der Waals surface area (Å²) in [5.74, 6) is -1.42. The molecule has 84 valence electrons. The maximum absolute atomic E-state index is 10.4. The van der Waals surface area contributed by atoms with Gasteiger partial charge in [0.25, 0.3) is 0 Å². The number of carbonyl (C=O) groups is 2. The van der Waals surface area contributed by atoms with E-state index in [1.807, 2.05) is 0 Å². The van der Waals surface area contributed by atoms with E-state index in [4.69, 9.17) is 28.3 Å². The van der Waals surface area contributed by atoms with Crippen molar-refractivity contribution < 1.29 is 14.7 Å². The molecule has 0 saturated heterocycles. The van der Waals surface area contributed by atoms with Crippen LogP contribution < -0.4 is 5.43 Å². The van der Waals surface area contributed by atoms with E-state index in [9.17, 15) is 9.59 Å². The Morgan fingerprint density at radius 2 is 2.12 bits per heavy atom. The van der Waals surface area contributed by atoms with Gasteiger partial charge in [0.2, 0.25) is 5.71 Å². The fourth-order valence-electron chi connectivity index (χ4n) is 0.825. The molecule has 5 nitrogen and oxygen atoms in total. The third kappa shape index (κ3) is 3.22. The highest BCUT2D eigenvalue weighted by Gasteiger charge is 2.07. The summed E-state index contributed by atoms with van der Waals surface area (Å²) in [7, 11) is 0. The molecular formula is C9H6Cl2N2O3. The van der Waals surface area contributed by atoms with Crippen LogP contribution in [0, 0.1) is 0 Å². The van der Waals surface area contributed by atoms with Gasteiger partial charge in [-0.05, 0) is 18.2 Å². The third-order valence-corrected chi connectivity index (χ3v) is 2.11. The van der Waals surface area contributed by atoms with Crippen LogP contribution in [0.3, 0.4) is 0 Å². The summed E-state index contributed by atoms with van der Waals surface area (Å²) in [6.07, 6.45) is 0.124. The predicted molar refractivity (Wildman–Crippen MR) is 61.2 cm³/mol. The highest BCUT2D eigenvalue weighted by molar-refractivity contribution is 6.57. The van der Waals surface area contributed by atoms with E-state index in [2.05, 4.69) is 10.5 Å². The van der Waals surface area contributed by atoms with Crippen molar-refractivity contribution in [1.29, 1.82) is 0 Å². The lowest BCUT2D eigenvalue weighted by atomic mass is 10.3. The fourth-order valence-corrected chi connectivity index (χ4v) is 1.28. The molecule has 0 unspecified atom stereocenters. The first-order valence-corrected chi connectivity index (χ1v) is 4.77. The van der Waals surface area contributed by atoms with Gasteiger partial charge in [-0.1, -0.05) is 23.2 Å². The maximum Gasteiger partial charge on any atom is 0.359 e. The van der Waals surface area contributed by atoms with Crippen LogP contribution in [0.2, 0.25) is 10.0 Å². The quantitative estimate of drug-likeness (QED) is 0.376. The molecule has 0 aliphatic carbocycles. The number of nitrogens with zero attached hydrogens (tertiary/aromatic N) is 1. The van der Waals surface area contributed by atoms with Crippen LogP contribution in [0.5, 0.6) is 0 Å². The minimum atomic E-state index is -1.42. The Morgan fingerprint density at radius 3 is 2.62 bits per heavy atom. The van der Waals surface area contributed by atoms with Gasteiger partial charge in [0.05, 0.1) is 10.7 Å². The Bertz CT molecular complexity index is 460. The molecule has 0 aliphatic heterocycles. The number of aldehydes is 1. The van der Waals surface area contributed by atoms with Gasteiger partial charge in [-0.25, -0.2) is 4.79 Å². The normalized spacial score (nSPS) is 11.0. The lowest BCUT2D eigenvalue weighted by Crippen LogP contribution is -2.16. The Morgan fingerprint density at radius 1 is 1.44 bits per heavy atom. The first-order valence-electron chi connectivity index (χ1n) is 4.02. The molecule has 0 amide bonds. The van der Waals surface area contributed by atoms with Crippen LogP contribution in [-0.4, -0.2) is 23.1 Å². The monoisotopic (exact) mass is 260 g/mol. The third-order valence-electron chi connectivity index (χ3n) is 1.56. The lowest BCUT2D eigenvalue weighted by molar-refractivity contribution is -0.129. The number of nitrogens with one attached hydrogen (secondary N) is 1. The number of aliphatic carboxylic acids is 1. The van der Waals surface area contributed by atoms with Crippen molar-refractivity contribution >= 4 is 46.9 Å². The zero-order valence-electron chi connectivity index (χ0n) is 7.78. The van der Waals surface area contributed by atoms with Crippen LogP contribution in [-0.2, 0) is 9.59 Å². The van der Waals surface area contributed by atoms with Gasteiger partial charge in [0, 0.05) is 5.02 Å². The largest absolute Gasteiger partial charge is 0.476 e. The van der Waals surface area contributed by atoms with Gasteiger partial charge in [-0.3, -0.25) is 10.2 Å². The molecule has 1 aromatic rings. The fraction of sp³-hybridized carbons (Fsp3) is 0. The van der Waals surface area contributed by atoms with Crippen LogP contribution in [0.4, 0.5) is 5.69 Å². The summed E-state index contributed by atoms with van der Waals surface area (Å²) in [6.45, 7) is 0. The zero-order chi connectivity index (χ0) is 12.1. The SMILES string of the molecule is O=C/C(=N\Nc1ccc(Cl)cc1Cl)C(=O)O. The molecule has 0 spiro atoms. The van der Waals surface area contributed by atoms with E-state index < -0.39 is 11.7 Å². The minimum absolute atomic E-state index is 0.124. The second kappa shape index (κ2) is 5.48. The minimum Gasteiger partial charge on any atom is -0.476 e. The van der Waals surface area contributed by atoms with E-state index >= 15 is 0 Å². The average molecular weight is 261 g/mol. The van der Waals surface area contributed by atoms with Crippen LogP contribution >= 0.6 is 23.2 Å². The molecule has 0 saturated carbocycles. The Labute approximate surface area is 101 Å². The summed E-state index contributed by atoms with van der Waals surface area (Å²) in [4.78, 5) is 20.7. The first kappa shape index (κ1) is 12.5. The number of carboxylic acids is 1. The molecule has 2 N–H and O–H groups in total. The highest BCUT2D eigenvalue weighted by atomic mass is 35.5. The van der Waals surface area contributed by atoms with Crippen LogP contribution in [0.25, 0.3) is 0 Å². The van der Waals surface area contributed by atoms with Crippen LogP contribution in [0.1, 0.15) is 0 Å². The number of hydrogen-bond acceptors (Lipinski definition) is 4. The van der Waals surface area contributed by atoms with E-state index in [1.165, 1.54) is 12.1 Å². The second-order valence-electron chi connectivity index (χ2n) is 2.66. The van der Waals surface area contributed by atoms with Gasteiger partial charge in [0.15, 0.2) is 6.29 Å². The van der Waals surface area contributed by atoms with Crippen molar-refractivity contribution in [3.8, 4) is 0 Å². The number of rotatable bonds is 4. The molecule has 0 fully saturated rings. The van der Waals surface area contributed by atoms with Crippen molar-refractivity contribution in [3.05, 3.63) is 28.2 Å². The topological polar surface area (TPSA) is 78.8 Å². The Kier molecular flexibility index (Phi) is 4.28. The number of halogens is 2. The average Bonchev–Trinajstić information content (AvgIpc) is 2.21. The van der Waals surface area contributed by atoms with E-state index in [0.29, 0.717) is 10.7 Å². The van der Waals surface area contributed by atoms with E-state index in [0.717, 1.165) is 0 Å². The highest BCUT2D eigenvalue weighted by Crippen LogP contribution is 2.25. The van der Waals surface area contributed by atoms with Gasteiger partial charge in [-0.15, -0.1) is 0 Å². The van der Waals surface area contributed by atoms with Crippen molar-refractivity contribution in [2.24, 2.45) is 5.10 Å². The molecule has 0 radical (unpaired) electrons. The number of anilines is 1. The smallest absolute Gasteiger partial charge is 0.359 e. The van der Waals surface area contributed by atoms with Crippen molar-refractivity contribution in [3.63, 3.8) is 0 Å². The van der Waals surface area contributed by atoms with Gasteiger partial charge < -0.3 is 5.11 Å². The van der Waals surface area contributed by atoms with Gasteiger partial charge in [0.1, 0.15) is 0 Å². The first-order chi connectivity index (χ1) is 7.54.